The summed E-state index contributed by atoms with van der Waals surface area (Å²) in [6.07, 6.45) is 0. The van der Waals surface area contributed by atoms with Crippen molar-refractivity contribution in [3.8, 4) is 0 Å². The van der Waals surface area contributed by atoms with Crippen LogP contribution in [0.2, 0.25) is 0 Å². The van der Waals surface area contributed by atoms with Crippen molar-refractivity contribution in [3.63, 3.8) is 0 Å². The van der Waals surface area contributed by atoms with E-state index in [1.54, 1.807) is 13.8 Å². The van der Waals surface area contributed by atoms with E-state index in [0.29, 0.717) is 4.88 Å². The SMILES string of the molecule is Cc1ccsc1C(=O)NC(C)(C)CO. The monoisotopic (exact) mass is 213 g/mol. The number of carbonyl (C=O) groups excluding carboxylic acids is 1. The number of aliphatic hydroxyl groups is 1. The molecule has 0 bridgehead atoms. The molecule has 78 valence electrons. The molecule has 1 aromatic rings. The van der Waals surface area contributed by atoms with Crippen LogP contribution < -0.4 is 5.32 Å². The summed E-state index contributed by atoms with van der Waals surface area (Å²) in [5.41, 5.74) is 0.411. The Morgan fingerprint density at radius 1 is 1.64 bits per heavy atom. The average Bonchev–Trinajstić information content (AvgIpc) is 2.51. The van der Waals surface area contributed by atoms with Gasteiger partial charge in [-0.1, -0.05) is 0 Å². The molecule has 3 nitrogen and oxygen atoms in total. The molecule has 2 N–H and O–H groups in total. The average molecular weight is 213 g/mol. The lowest BCUT2D eigenvalue weighted by Gasteiger charge is -2.23. The van der Waals surface area contributed by atoms with Crippen LogP contribution in [0.3, 0.4) is 0 Å². The lowest BCUT2D eigenvalue weighted by molar-refractivity contribution is 0.0873. The minimum Gasteiger partial charge on any atom is -0.394 e. The number of hydrogen-bond acceptors (Lipinski definition) is 3. The molecule has 0 unspecified atom stereocenters. The van der Waals surface area contributed by atoms with Gasteiger partial charge in [-0.15, -0.1) is 11.3 Å². The molecule has 0 saturated carbocycles. The van der Waals surface area contributed by atoms with Crippen LogP contribution in [0, 0.1) is 6.92 Å². The molecule has 1 aromatic heterocycles. The minimum atomic E-state index is -0.562. The van der Waals surface area contributed by atoms with Gasteiger partial charge in [0.2, 0.25) is 0 Å². The maximum absolute atomic E-state index is 11.7. The normalized spacial score (nSPS) is 11.4. The quantitative estimate of drug-likeness (QED) is 0.800. The standard InChI is InChI=1S/C10H15NO2S/c1-7-4-5-14-8(7)9(13)11-10(2,3)6-12/h4-5,12H,6H2,1-3H3,(H,11,13). The molecule has 0 aliphatic heterocycles. The molecule has 0 fully saturated rings. The van der Waals surface area contributed by atoms with Crippen LogP contribution >= 0.6 is 11.3 Å². The number of thiophene rings is 1. The second kappa shape index (κ2) is 4.11. The van der Waals surface area contributed by atoms with Gasteiger partial charge in [0.25, 0.3) is 5.91 Å². The first kappa shape index (κ1) is 11.2. The van der Waals surface area contributed by atoms with Crippen LogP contribution in [0.25, 0.3) is 0 Å². The van der Waals surface area contributed by atoms with E-state index in [-0.39, 0.29) is 12.5 Å². The number of nitrogens with one attached hydrogen (secondary N) is 1. The third-order valence-electron chi connectivity index (χ3n) is 1.92. The minimum absolute atomic E-state index is 0.0663. The highest BCUT2D eigenvalue weighted by atomic mass is 32.1. The largest absolute Gasteiger partial charge is 0.394 e. The van der Waals surface area contributed by atoms with Gasteiger partial charge in [-0.3, -0.25) is 4.79 Å². The maximum atomic E-state index is 11.7. The topological polar surface area (TPSA) is 49.3 Å². The molecule has 4 heteroatoms. The predicted molar refractivity (Wildman–Crippen MR) is 57.7 cm³/mol. The Bertz CT molecular complexity index is 331. The van der Waals surface area contributed by atoms with Crippen LogP contribution in [-0.2, 0) is 0 Å². The van der Waals surface area contributed by atoms with Crippen LogP contribution in [0.1, 0.15) is 29.1 Å². The molecule has 0 aromatic carbocycles. The summed E-state index contributed by atoms with van der Waals surface area (Å²) in [4.78, 5) is 12.4. The second-order valence-electron chi connectivity index (χ2n) is 3.93. The smallest absolute Gasteiger partial charge is 0.262 e. The molecule has 1 amide bonds. The van der Waals surface area contributed by atoms with Crippen molar-refractivity contribution >= 4 is 17.2 Å². The lowest BCUT2D eigenvalue weighted by Crippen LogP contribution is -2.46. The van der Waals surface area contributed by atoms with Gasteiger partial charge >= 0.3 is 0 Å². The van der Waals surface area contributed by atoms with Crippen molar-refractivity contribution < 1.29 is 9.90 Å². The number of amides is 1. The molecule has 14 heavy (non-hydrogen) atoms. The number of rotatable bonds is 3. The molecule has 0 aliphatic carbocycles. The first-order valence-electron chi connectivity index (χ1n) is 4.44. The second-order valence-corrected chi connectivity index (χ2v) is 4.84. The van der Waals surface area contributed by atoms with Crippen molar-refractivity contribution in [2.75, 3.05) is 6.61 Å². The molecular weight excluding hydrogens is 198 g/mol. The predicted octanol–water partition coefficient (Wildman–Crippen LogP) is 1.56. The van der Waals surface area contributed by atoms with E-state index in [9.17, 15) is 4.79 Å². The highest BCUT2D eigenvalue weighted by molar-refractivity contribution is 7.12. The van der Waals surface area contributed by atoms with Gasteiger partial charge < -0.3 is 10.4 Å². The van der Waals surface area contributed by atoms with Gasteiger partial charge in [-0.2, -0.15) is 0 Å². The zero-order chi connectivity index (χ0) is 10.8. The van der Waals surface area contributed by atoms with Crippen LogP contribution in [0.15, 0.2) is 11.4 Å². The van der Waals surface area contributed by atoms with Gasteiger partial charge in [0.05, 0.1) is 17.0 Å². The molecule has 0 spiro atoms. The first-order chi connectivity index (χ1) is 6.46. The van der Waals surface area contributed by atoms with Gasteiger partial charge in [-0.05, 0) is 37.8 Å². The molecule has 0 atom stereocenters. The highest BCUT2D eigenvalue weighted by Crippen LogP contribution is 2.16. The van der Waals surface area contributed by atoms with Gasteiger partial charge in [0.15, 0.2) is 0 Å². The third kappa shape index (κ3) is 2.56. The van der Waals surface area contributed by atoms with E-state index in [1.807, 2.05) is 18.4 Å². The highest BCUT2D eigenvalue weighted by Gasteiger charge is 2.21. The number of aliphatic hydroxyl groups excluding tert-OH is 1. The molecule has 0 radical (unpaired) electrons. The Hall–Kier alpha value is -0.870. The number of aryl methyl sites for hydroxylation is 1. The van der Waals surface area contributed by atoms with E-state index in [0.717, 1.165) is 5.56 Å². The Kier molecular flexibility index (Phi) is 3.29. The van der Waals surface area contributed by atoms with E-state index in [4.69, 9.17) is 5.11 Å². The van der Waals surface area contributed by atoms with Gasteiger partial charge in [-0.25, -0.2) is 0 Å². The zero-order valence-corrected chi connectivity index (χ0v) is 9.44. The van der Waals surface area contributed by atoms with Crippen molar-refractivity contribution in [3.05, 3.63) is 21.9 Å². The molecule has 1 heterocycles. The Labute approximate surface area is 87.8 Å². The van der Waals surface area contributed by atoms with E-state index in [2.05, 4.69) is 5.32 Å². The fourth-order valence-electron chi connectivity index (χ4n) is 1.01. The molecular formula is C10H15NO2S. The third-order valence-corrected chi connectivity index (χ3v) is 2.93. The first-order valence-corrected chi connectivity index (χ1v) is 5.32. The summed E-state index contributed by atoms with van der Waals surface area (Å²) < 4.78 is 0. The van der Waals surface area contributed by atoms with E-state index < -0.39 is 5.54 Å². The fourth-order valence-corrected chi connectivity index (χ4v) is 1.83. The van der Waals surface area contributed by atoms with Crippen molar-refractivity contribution in [1.82, 2.24) is 5.32 Å². The lowest BCUT2D eigenvalue weighted by atomic mass is 10.1. The summed E-state index contributed by atoms with van der Waals surface area (Å²) >= 11 is 1.42. The maximum Gasteiger partial charge on any atom is 0.262 e. The van der Waals surface area contributed by atoms with Crippen LogP contribution in [0.5, 0.6) is 0 Å². The summed E-state index contributed by atoms with van der Waals surface area (Å²) in [6, 6.07) is 1.91. The summed E-state index contributed by atoms with van der Waals surface area (Å²) in [5, 5.41) is 13.7. The Morgan fingerprint density at radius 2 is 2.29 bits per heavy atom. The zero-order valence-electron chi connectivity index (χ0n) is 8.63. The summed E-state index contributed by atoms with van der Waals surface area (Å²) in [6.45, 7) is 5.40. The van der Waals surface area contributed by atoms with Crippen molar-refractivity contribution in [2.24, 2.45) is 0 Å². The fraction of sp³-hybridized carbons (Fsp3) is 0.500. The number of carbonyl (C=O) groups is 1. The molecule has 1 rings (SSSR count). The number of hydrogen-bond donors (Lipinski definition) is 2. The summed E-state index contributed by atoms with van der Waals surface area (Å²) in [5.74, 6) is -0.114. The molecule has 0 aliphatic rings. The van der Waals surface area contributed by atoms with Crippen molar-refractivity contribution in [1.29, 1.82) is 0 Å². The van der Waals surface area contributed by atoms with Gasteiger partial charge in [0, 0.05) is 0 Å². The summed E-state index contributed by atoms with van der Waals surface area (Å²) in [7, 11) is 0. The van der Waals surface area contributed by atoms with E-state index >= 15 is 0 Å². The molecule has 0 saturated heterocycles. The Balaban J connectivity index is 2.73. The van der Waals surface area contributed by atoms with E-state index in [1.165, 1.54) is 11.3 Å². The van der Waals surface area contributed by atoms with Crippen LogP contribution in [0.4, 0.5) is 0 Å². The van der Waals surface area contributed by atoms with Crippen LogP contribution in [-0.4, -0.2) is 23.2 Å². The Morgan fingerprint density at radius 3 is 2.71 bits per heavy atom. The van der Waals surface area contributed by atoms with Crippen molar-refractivity contribution in [2.45, 2.75) is 26.3 Å². The van der Waals surface area contributed by atoms with Gasteiger partial charge in [0.1, 0.15) is 0 Å².